The molecule has 0 fully saturated rings. The third-order valence-electron chi connectivity index (χ3n) is 3.41. The second-order valence-electron chi connectivity index (χ2n) is 5.27. The molecule has 2 rings (SSSR count). The number of terminal acetylenes is 1. The highest BCUT2D eigenvalue weighted by atomic mass is 35.5. The van der Waals surface area contributed by atoms with E-state index in [0.29, 0.717) is 28.2 Å². The van der Waals surface area contributed by atoms with Gasteiger partial charge in [0.2, 0.25) is 0 Å². The van der Waals surface area contributed by atoms with Gasteiger partial charge in [-0.05, 0) is 12.8 Å². The second-order valence-corrected chi connectivity index (χ2v) is 6.09. The van der Waals surface area contributed by atoms with Crippen LogP contribution in [0.2, 0.25) is 10.0 Å². The molecule has 1 heterocycles. The molecule has 0 saturated carbocycles. The Morgan fingerprint density at radius 2 is 1.83 bits per heavy atom. The first-order valence-electron chi connectivity index (χ1n) is 7.84. The van der Waals surface area contributed by atoms with Crippen molar-refractivity contribution >= 4 is 23.2 Å². The highest BCUT2D eigenvalue weighted by Crippen LogP contribution is 2.37. The first-order chi connectivity index (χ1) is 11.7. The van der Waals surface area contributed by atoms with Gasteiger partial charge in [-0.15, -0.1) is 6.42 Å². The van der Waals surface area contributed by atoms with Crippen molar-refractivity contribution in [1.29, 1.82) is 0 Å². The number of imidazole rings is 1. The molecule has 0 spiro atoms. The fourth-order valence-electron chi connectivity index (χ4n) is 2.23. The standard InChI is InChI=1S/C18H20Cl2N2O2/c1-2-10-23-15-12-16(19)18(17(20)13-15)24-11-6-4-3-5-8-22-9-7-21-14-22/h1,7,9,12-14H,3-6,8,10-11H2. The Kier molecular flexibility index (Phi) is 7.81. The minimum Gasteiger partial charge on any atom is -0.490 e. The smallest absolute Gasteiger partial charge is 0.156 e. The maximum atomic E-state index is 6.18. The Labute approximate surface area is 152 Å². The topological polar surface area (TPSA) is 36.3 Å². The number of benzene rings is 1. The Balaban J connectivity index is 1.67. The lowest BCUT2D eigenvalue weighted by Gasteiger charge is -2.12. The van der Waals surface area contributed by atoms with E-state index in [2.05, 4.69) is 15.5 Å². The predicted molar refractivity (Wildman–Crippen MR) is 97.0 cm³/mol. The van der Waals surface area contributed by atoms with Crippen LogP contribution in [0.25, 0.3) is 0 Å². The molecule has 0 saturated heterocycles. The van der Waals surface area contributed by atoms with Gasteiger partial charge < -0.3 is 14.0 Å². The van der Waals surface area contributed by atoms with Crippen molar-refractivity contribution in [1.82, 2.24) is 9.55 Å². The fourth-order valence-corrected chi connectivity index (χ4v) is 2.80. The van der Waals surface area contributed by atoms with Crippen molar-refractivity contribution < 1.29 is 9.47 Å². The van der Waals surface area contributed by atoms with Gasteiger partial charge >= 0.3 is 0 Å². The second kappa shape index (κ2) is 10.1. The van der Waals surface area contributed by atoms with Crippen LogP contribution in [0.1, 0.15) is 25.7 Å². The Morgan fingerprint density at radius 1 is 1.08 bits per heavy atom. The quantitative estimate of drug-likeness (QED) is 0.445. The molecule has 1 aromatic carbocycles. The third-order valence-corrected chi connectivity index (χ3v) is 3.97. The molecular weight excluding hydrogens is 347 g/mol. The van der Waals surface area contributed by atoms with Gasteiger partial charge in [0.25, 0.3) is 0 Å². The number of hydrogen-bond donors (Lipinski definition) is 0. The Morgan fingerprint density at radius 3 is 2.50 bits per heavy atom. The van der Waals surface area contributed by atoms with Crippen molar-refractivity contribution in [3.63, 3.8) is 0 Å². The van der Waals surface area contributed by atoms with Crippen LogP contribution in [-0.4, -0.2) is 22.8 Å². The lowest BCUT2D eigenvalue weighted by atomic mass is 10.2. The lowest BCUT2D eigenvalue weighted by Crippen LogP contribution is -2.00. The summed E-state index contributed by atoms with van der Waals surface area (Å²) >= 11 is 12.4. The molecule has 0 aliphatic rings. The van der Waals surface area contributed by atoms with Crippen LogP contribution in [0.15, 0.2) is 30.9 Å². The van der Waals surface area contributed by atoms with E-state index in [-0.39, 0.29) is 6.61 Å². The summed E-state index contributed by atoms with van der Waals surface area (Å²) in [6.45, 7) is 1.75. The summed E-state index contributed by atoms with van der Waals surface area (Å²) in [5, 5.41) is 0.851. The molecule has 0 unspecified atom stereocenters. The van der Waals surface area contributed by atoms with Gasteiger partial charge in [-0.3, -0.25) is 0 Å². The van der Waals surface area contributed by atoms with Gasteiger partial charge in [-0.1, -0.05) is 42.0 Å². The van der Waals surface area contributed by atoms with Crippen molar-refractivity contribution in [2.45, 2.75) is 32.2 Å². The first-order valence-corrected chi connectivity index (χ1v) is 8.60. The number of aryl methyl sites for hydroxylation is 1. The number of aromatic nitrogens is 2. The number of nitrogens with zero attached hydrogens (tertiary/aromatic N) is 2. The molecule has 1 aromatic heterocycles. The lowest BCUT2D eigenvalue weighted by molar-refractivity contribution is 0.303. The summed E-state index contributed by atoms with van der Waals surface area (Å²) in [6, 6.07) is 3.32. The number of hydrogen-bond acceptors (Lipinski definition) is 3. The maximum absolute atomic E-state index is 6.18. The molecule has 0 aliphatic carbocycles. The predicted octanol–water partition coefficient (Wildman–Crippen LogP) is 4.84. The number of ether oxygens (including phenoxy) is 2. The summed E-state index contributed by atoms with van der Waals surface area (Å²) in [7, 11) is 0. The molecule has 4 nitrogen and oxygen atoms in total. The zero-order valence-corrected chi connectivity index (χ0v) is 14.9. The zero-order valence-electron chi connectivity index (χ0n) is 13.4. The SMILES string of the molecule is C#CCOc1cc(Cl)c(OCCCCCCn2ccnc2)c(Cl)c1. The van der Waals surface area contributed by atoms with Gasteiger partial charge in [0.1, 0.15) is 12.4 Å². The zero-order chi connectivity index (χ0) is 17.2. The number of rotatable bonds is 10. The van der Waals surface area contributed by atoms with E-state index in [9.17, 15) is 0 Å². The average molecular weight is 367 g/mol. The van der Waals surface area contributed by atoms with Gasteiger partial charge in [-0.2, -0.15) is 0 Å². The van der Waals surface area contributed by atoms with Crippen molar-refractivity contribution in [2.75, 3.05) is 13.2 Å². The van der Waals surface area contributed by atoms with Crippen LogP contribution in [-0.2, 0) is 6.54 Å². The Bertz CT molecular complexity index is 643. The van der Waals surface area contributed by atoms with Gasteiger partial charge in [0.15, 0.2) is 5.75 Å². The minimum absolute atomic E-state index is 0.173. The molecule has 0 N–H and O–H groups in total. The summed E-state index contributed by atoms with van der Waals surface area (Å²) in [5.74, 6) is 3.42. The molecule has 0 bridgehead atoms. The van der Waals surface area contributed by atoms with Crippen molar-refractivity contribution in [3.05, 3.63) is 40.9 Å². The first kappa shape index (κ1) is 18.5. The molecule has 2 aromatic rings. The van der Waals surface area contributed by atoms with Crippen LogP contribution in [0.5, 0.6) is 11.5 Å². The monoisotopic (exact) mass is 366 g/mol. The molecule has 0 amide bonds. The van der Waals surface area contributed by atoms with Crippen molar-refractivity contribution in [3.8, 4) is 23.8 Å². The average Bonchev–Trinajstić information content (AvgIpc) is 3.07. The summed E-state index contributed by atoms with van der Waals surface area (Å²) in [6.07, 6.45) is 15.1. The Hall–Kier alpha value is -1.83. The van der Waals surface area contributed by atoms with E-state index >= 15 is 0 Å². The van der Waals surface area contributed by atoms with E-state index in [0.717, 1.165) is 32.2 Å². The highest BCUT2D eigenvalue weighted by molar-refractivity contribution is 6.37. The third kappa shape index (κ3) is 5.99. The normalized spacial score (nSPS) is 10.4. The highest BCUT2D eigenvalue weighted by Gasteiger charge is 2.10. The minimum atomic E-state index is 0.173. The van der Waals surface area contributed by atoms with Gasteiger partial charge in [-0.25, -0.2) is 4.98 Å². The summed E-state index contributed by atoms with van der Waals surface area (Å²) < 4.78 is 13.1. The van der Waals surface area contributed by atoms with Crippen LogP contribution in [0.3, 0.4) is 0 Å². The molecule has 6 heteroatoms. The van der Waals surface area contributed by atoms with Crippen LogP contribution >= 0.6 is 23.2 Å². The maximum Gasteiger partial charge on any atom is 0.156 e. The summed E-state index contributed by atoms with van der Waals surface area (Å²) in [5.41, 5.74) is 0. The van der Waals surface area contributed by atoms with E-state index in [1.807, 2.05) is 12.5 Å². The number of halogens is 2. The number of unbranched alkanes of at least 4 members (excludes halogenated alkanes) is 3. The van der Waals surface area contributed by atoms with E-state index in [1.165, 1.54) is 0 Å². The van der Waals surface area contributed by atoms with Crippen LogP contribution in [0, 0.1) is 12.3 Å². The van der Waals surface area contributed by atoms with Crippen LogP contribution < -0.4 is 9.47 Å². The van der Waals surface area contributed by atoms with Crippen molar-refractivity contribution in [2.24, 2.45) is 0 Å². The van der Waals surface area contributed by atoms with Gasteiger partial charge in [0, 0.05) is 31.1 Å². The van der Waals surface area contributed by atoms with Crippen LogP contribution in [0.4, 0.5) is 0 Å². The molecule has 24 heavy (non-hydrogen) atoms. The largest absolute Gasteiger partial charge is 0.490 e. The molecule has 0 aliphatic heterocycles. The van der Waals surface area contributed by atoms with E-state index < -0.39 is 0 Å². The molecule has 0 radical (unpaired) electrons. The molecule has 128 valence electrons. The van der Waals surface area contributed by atoms with E-state index in [4.69, 9.17) is 39.1 Å². The summed E-state index contributed by atoms with van der Waals surface area (Å²) in [4.78, 5) is 4.02. The molecular formula is C18H20Cl2N2O2. The fraction of sp³-hybridized carbons (Fsp3) is 0.389. The molecule has 0 atom stereocenters. The van der Waals surface area contributed by atoms with E-state index in [1.54, 1.807) is 18.3 Å². The van der Waals surface area contributed by atoms with Gasteiger partial charge in [0.05, 0.1) is 23.0 Å².